The zero-order valence-electron chi connectivity index (χ0n) is 13.2. The lowest BCUT2D eigenvalue weighted by molar-refractivity contribution is -0.115. The van der Waals surface area contributed by atoms with Crippen LogP contribution in [0.15, 0.2) is 58.4 Å². The van der Waals surface area contributed by atoms with E-state index in [1.54, 1.807) is 24.3 Å². The highest BCUT2D eigenvalue weighted by Crippen LogP contribution is 2.29. The van der Waals surface area contributed by atoms with E-state index in [9.17, 15) is 9.18 Å². The van der Waals surface area contributed by atoms with Gasteiger partial charge in [-0.1, -0.05) is 24.3 Å². The number of halogens is 1. The molecule has 0 radical (unpaired) electrons. The first-order valence-electron chi connectivity index (χ1n) is 7.57. The Morgan fingerprint density at radius 3 is 2.76 bits per heavy atom. The number of hydrogen-bond acceptors (Lipinski definition) is 4. The third-order valence-corrected chi connectivity index (χ3v) is 4.72. The summed E-state index contributed by atoms with van der Waals surface area (Å²) in [5, 5.41) is 3.00. The Bertz CT molecular complexity index is 1050. The van der Waals surface area contributed by atoms with Crippen LogP contribution < -0.4 is 5.32 Å². The lowest BCUT2D eigenvalue weighted by Gasteiger charge is -1.97. The van der Waals surface area contributed by atoms with Gasteiger partial charge in [0.25, 0.3) is 5.91 Å². The van der Waals surface area contributed by atoms with Gasteiger partial charge in [0.2, 0.25) is 0 Å². The van der Waals surface area contributed by atoms with Crippen LogP contribution in [-0.2, 0) is 11.8 Å². The molecule has 1 fully saturated rings. The number of amidine groups is 1. The van der Waals surface area contributed by atoms with Crippen LogP contribution in [-0.4, -0.2) is 20.6 Å². The van der Waals surface area contributed by atoms with E-state index < -0.39 is 5.82 Å². The van der Waals surface area contributed by atoms with Crippen molar-refractivity contribution in [3.05, 3.63) is 65.1 Å². The van der Waals surface area contributed by atoms with E-state index in [1.807, 2.05) is 35.9 Å². The third kappa shape index (κ3) is 2.94. The SMILES string of the molecule is Cn1c(C=C2SC(=Nc3ccccc3F)NC2=O)nc2ccccc21. The molecule has 1 aliphatic heterocycles. The molecule has 1 N–H and O–H groups in total. The number of carbonyl (C=O) groups excluding carboxylic acids is 1. The molecule has 0 spiro atoms. The predicted molar refractivity (Wildman–Crippen MR) is 97.9 cm³/mol. The summed E-state index contributed by atoms with van der Waals surface area (Å²) in [5.41, 5.74) is 2.03. The summed E-state index contributed by atoms with van der Waals surface area (Å²) in [7, 11) is 1.90. The monoisotopic (exact) mass is 352 g/mol. The van der Waals surface area contributed by atoms with Gasteiger partial charge in [0, 0.05) is 13.1 Å². The van der Waals surface area contributed by atoms with Crippen molar-refractivity contribution in [3.63, 3.8) is 0 Å². The van der Waals surface area contributed by atoms with E-state index in [-0.39, 0.29) is 11.6 Å². The van der Waals surface area contributed by atoms with E-state index >= 15 is 0 Å². The van der Waals surface area contributed by atoms with Gasteiger partial charge in [0.15, 0.2) is 5.17 Å². The molecule has 5 nitrogen and oxygen atoms in total. The van der Waals surface area contributed by atoms with Crippen LogP contribution >= 0.6 is 11.8 Å². The summed E-state index contributed by atoms with van der Waals surface area (Å²) in [6.45, 7) is 0. The number of imidazole rings is 1. The van der Waals surface area contributed by atoms with Crippen molar-refractivity contribution < 1.29 is 9.18 Å². The number of para-hydroxylation sites is 3. The number of aliphatic imine (C=N–C) groups is 1. The third-order valence-electron chi connectivity index (χ3n) is 3.81. The molecular formula is C18H13FN4OS. The highest BCUT2D eigenvalue weighted by atomic mass is 32.2. The summed E-state index contributed by atoms with van der Waals surface area (Å²) in [5.74, 6) is -0.0317. The topological polar surface area (TPSA) is 59.3 Å². The number of aromatic nitrogens is 2. The van der Waals surface area contributed by atoms with Crippen molar-refractivity contribution in [1.29, 1.82) is 0 Å². The number of aryl methyl sites for hydroxylation is 1. The Balaban J connectivity index is 1.67. The van der Waals surface area contributed by atoms with Gasteiger partial charge in [-0.05, 0) is 36.0 Å². The fourth-order valence-electron chi connectivity index (χ4n) is 2.54. The molecule has 0 saturated carbocycles. The van der Waals surface area contributed by atoms with Gasteiger partial charge in [-0.25, -0.2) is 14.4 Å². The van der Waals surface area contributed by atoms with Crippen LogP contribution in [0.4, 0.5) is 10.1 Å². The summed E-state index contributed by atoms with van der Waals surface area (Å²) >= 11 is 1.17. The number of hydrogen-bond donors (Lipinski definition) is 1. The summed E-state index contributed by atoms with van der Waals surface area (Å²) < 4.78 is 15.6. The van der Waals surface area contributed by atoms with E-state index in [0.717, 1.165) is 11.0 Å². The Morgan fingerprint density at radius 2 is 1.96 bits per heavy atom. The van der Waals surface area contributed by atoms with E-state index in [0.29, 0.717) is 15.9 Å². The smallest absolute Gasteiger partial charge is 0.264 e. The number of thioether (sulfide) groups is 1. The minimum atomic E-state index is -0.433. The molecule has 2 aromatic carbocycles. The molecule has 1 aliphatic rings. The maximum absolute atomic E-state index is 13.7. The van der Waals surface area contributed by atoms with Crippen molar-refractivity contribution in [2.75, 3.05) is 0 Å². The second kappa shape index (κ2) is 6.18. The van der Waals surface area contributed by atoms with Crippen molar-refractivity contribution in [3.8, 4) is 0 Å². The number of nitrogens with zero attached hydrogens (tertiary/aromatic N) is 3. The Labute approximate surface area is 147 Å². The molecule has 2 heterocycles. The van der Waals surface area contributed by atoms with Crippen molar-refractivity contribution >= 4 is 45.6 Å². The minimum Gasteiger partial charge on any atom is -0.328 e. The average molecular weight is 352 g/mol. The normalized spacial score (nSPS) is 17.6. The van der Waals surface area contributed by atoms with E-state index in [2.05, 4.69) is 15.3 Å². The van der Waals surface area contributed by atoms with Gasteiger partial charge >= 0.3 is 0 Å². The Hall–Kier alpha value is -2.93. The minimum absolute atomic E-state index is 0.189. The first-order chi connectivity index (χ1) is 12.1. The van der Waals surface area contributed by atoms with E-state index in [1.165, 1.54) is 17.8 Å². The molecule has 0 aliphatic carbocycles. The van der Waals surface area contributed by atoms with Gasteiger partial charge in [-0.2, -0.15) is 0 Å². The molecule has 0 unspecified atom stereocenters. The molecule has 1 aromatic heterocycles. The molecule has 1 amide bonds. The summed E-state index contributed by atoms with van der Waals surface area (Å²) in [6.07, 6.45) is 1.71. The number of carbonyl (C=O) groups is 1. The molecule has 25 heavy (non-hydrogen) atoms. The van der Waals surface area contributed by atoms with E-state index in [4.69, 9.17) is 0 Å². The molecule has 3 aromatic rings. The zero-order chi connectivity index (χ0) is 17.4. The molecule has 4 rings (SSSR count). The maximum atomic E-state index is 13.7. The van der Waals surface area contributed by atoms with Gasteiger partial charge in [0.05, 0.1) is 15.9 Å². The molecule has 0 atom stereocenters. The molecule has 0 bridgehead atoms. The molecule has 7 heteroatoms. The van der Waals surface area contributed by atoms with Crippen LogP contribution in [0.3, 0.4) is 0 Å². The van der Waals surface area contributed by atoms with Crippen LogP contribution in [0.2, 0.25) is 0 Å². The van der Waals surface area contributed by atoms with Crippen LogP contribution in [0.25, 0.3) is 17.1 Å². The quantitative estimate of drug-likeness (QED) is 0.717. The molecule has 124 valence electrons. The summed E-state index contributed by atoms with van der Waals surface area (Å²) in [6, 6.07) is 13.9. The fraction of sp³-hybridized carbons (Fsp3) is 0.0556. The predicted octanol–water partition coefficient (Wildman–Crippen LogP) is 3.60. The standard InChI is InChI=1S/C18H13FN4OS/c1-23-14-9-5-4-8-13(14)20-16(23)10-15-17(24)22-18(25-15)21-12-7-3-2-6-11(12)19/h2-10H,1H3,(H,21,22,24). The van der Waals surface area contributed by atoms with Crippen LogP contribution in [0, 0.1) is 5.82 Å². The maximum Gasteiger partial charge on any atom is 0.264 e. The highest BCUT2D eigenvalue weighted by molar-refractivity contribution is 8.18. The molecule has 1 saturated heterocycles. The van der Waals surface area contributed by atoms with Crippen molar-refractivity contribution in [2.45, 2.75) is 0 Å². The second-order valence-electron chi connectivity index (χ2n) is 5.45. The van der Waals surface area contributed by atoms with Gasteiger partial charge in [-0.3, -0.25) is 4.79 Å². The summed E-state index contributed by atoms with van der Waals surface area (Å²) in [4.78, 5) is 21.3. The van der Waals surface area contributed by atoms with Gasteiger partial charge in [-0.15, -0.1) is 0 Å². The number of fused-ring (bicyclic) bond motifs is 1. The van der Waals surface area contributed by atoms with Crippen LogP contribution in [0.5, 0.6) is 0 Å². The Kier molecular flexibility index (Phi) is 3.85. The van der Waals surface area contributed by atoms with Crippen molar-refractivity contribution in [2.24, 2.45) is 12.0 Å². The first kappa shape index (κ1) is 15.6. The highest BCUT2D eigenvalue weighted by Gasteiger charge is 2.25. The van der Waals surface area contributed by atoms with Gasteiger partial charge in [0.1, 0.15) is 17.3 Å². The zero-order valence-corrected chi connectivity index (χ0v) is 14.0. The number of nitrogens with one attached hydrogen (secondary N) is 1. The largest absolute Gasteiger partial charge is 0.328 e. The number of benzene rings is 2. The van der Waals surface area contributed by atoms with Crippen molar-refractivity contribution in [1.82, 2.24) is 14.9 Å². The number of rotatable bonds is 2. The second-order valence-corrected chi connectivity index (χ2v) is 6.48. The van der Waals surface area contributed by atoms with Gasteiger partial charge < -0.3 is 9.88 Å². The lowest BCUT2D eigenvalue weighted by atomic mass is 10.3. The Morgan fingerprint density at radius 1 is 1.20 bits per heavy atom. The molecular weight excluding hydrogens is 339 g/mol. The van der Waals surface area contributed by atoms with Crippen LogP contribution in [0.1, 0.15) is 5.82 Å². The fourth-order valence-corrected chi connectivity index (χ4v) is 3.35. The average Bonchev–Trinajstić information content (AvgIpc) is 3.11. The lowest BCUT2D eigenvalue weighted by Crippen LogP contribution is -2.19. The number of amides is 1. The first-order valence-corrected chi connectivity index (χ1v) is 8.39.